The monoisotopic (exact) mass is 391 g/mol. The van der Waals surface area contributed by atoms with E-state index in [2.05, 4.69) is 28.0 Å². The molecule has 2 aromatic rings. The van der Waals surface area contributed by atoms with E-state index in [9.17, 15) is 4.39 Å². The summed E-state index contributed by atoms with van der Waals surface area (Å²) >= 11 is 0. The number of halogens is 1. The smallest absolute Gasteiger partial charge is 0.141 e. The highest BCUT2D eigenvalue weighted by Gasteiger charge is 2.32. The minimum Gasteiger partial charge on any atom is -0.375 e. The van der Waals surface area contributed by atoms with E-state index in [4.69, 9.17) is 10.00 Å². The normalized spacial score (nSPS) is 24.1. The standard InChI is InChI=1S/C24H26FN3O/c25-23-13-18(5-6-19(23)14-26)22-12-17(4-7-24(22)27-9-2-10-27)11-21-15-28-8-1-3-20(28)16-29-21/h4-7,12-13,20-21H,1-3,8-11,15-16H2/t20-,21+/m0/s1. The molecule has 3 aliphatic rings. The molecule has 0 amide bonds. The fraction of sp³-hybridized carbons (Fsp3) is 0.458. The molecule has 3 saturated heterocycles. The SMILES string of the molecule is N#Cc1ccc(-c2cc(C[C@@H]3CN4CCC[C@H]4CO3)ccc2N2CCC2)cc1F. The molecule has 2 atom stereocenters. The van der Waals surface area contributed by atoms with Crippen molar-refractivity contribution in [3.8, 4) is 17.2 Å². The van der Waals surface area contributed by atoms with Crippen LogP contribution < -0.4 is 4.90 Å². The van der Waals surface area contributed by atoms with Crippen molar-refractivity contribution >= 4 is 5.69 Å². The van der Waals surface area contributed by atoms with E-state index in [0.717, 1.165) is 49.5 Å². The van der Waals surface area contributed by atoms with Crippen molar-refractivity contribution in [3.05, 3.63) is 53.3 Å². The van der Waals surface area contributed by atoms with Gasteiger partial charge in [-0.05, 0) is 67.6 Å². The fourth-order valence-corrected chi connectivity index (χ4v) is 4.82. The zero-order valence-electron chi connectivity index (χ0n) is 16.6. The van der Waals surface area contributed by atoms with Gasteiger partial charge >= 0.3 is 0 Å². The molecule has 0 radical (unpaired) electrons. The van der Waals surface area contributed by atoms with E-state index >= 15 is 0 Å². The van der Waals surface area contributed by atoms with Crippen molar-refractivity contribution in [1.29, 1.82) is 5.26 Å². The molecule has 0 aliphatic carbocycles. The quantitative estimate of drug-likeness (QED) is 0.790. The summed E-state index contributed by atoms with van der Waals surface area (Å²) in [6.07, 6.45) is 4.81. The fourth-order valence-electron chi connectivity index (χ4n) is 4.82. The summed E-state index contributed by atoms with van der Waals surface area (Å²) in [5.74, 6) is -0.458. The van der Waals surface area contributed by atoms with Crippen molar-refractivity contribution in [1.82, 2.24) is 4.90 Å². The van der Waals surface area contributed by atoms with E-state index in [0.29, 0.717) is 6.04 Å². The Hall–Kier alpha value is -2.42. The molecule has 0 unspecified atom stereocenters. The molecule has 5 rings (SSSR count). The van der Waals surface area contributed by atoms with Gasteiger partial charge in [-0.15, -0.1) is 0 Å². The zero-order valence-corrected chi connectivity index (χ0v) is 16.6. The molecule has 0 aromatic heterocycles. The van der Waals surface area contributed by atoms with Crippen LogP contribution in [0, 0.1) is 17.1 Å². The maximum absolute atomic E-state index is 14.3. The van der Waals surface area contributed by atoms with Gasteiger partial charge in [-0.1, -0.05) is 12.1 Å². The molecule has 0 spiro atoms. The second-order valence-electron chi connectivity index (χ2n) is 8.45. The van der Waals surface area contributed by atoms with E-state index in [1.165, 1.54) is 37.4 Å². The lowest BCUT2D eigenvalue weighted by molar-refractivity contribution is -0.0475. The van der Waals surface area contributed by atoms with Gasteiger partial charge in [0.1, 0.15) is 11.9 Å². The van der Waals surface area contributed by atoms with Crippen molar-refractivity contribution in [2.45, 2.75) is 37.8 Å². The summed E-state index contributed by atoms with van der Waals surface area (Å²) in [5.41, 5.74) is 4.33. The van der Waals surface area contributed by atoms with Crippen LogP contribution in [-0.4, -0.2) is 49.8 Å². The van der Waals surface area contributed by atoms with E-state index in [-0.39, 0.29) is 11.7 Å². The number of ether oxygens (including phenoxy) is 1. The number of nitrogens with zero attached hydrogens (tertiary/aromatic N) is 3. The number of hydrogen-bond acceptors (Lipinski definition) is 4. The predicted octanol–water partition coefficient (Wildman–Crippen LogP) is 3.98. The summed E-state index contributed by atoms with van der Waals surface area (Å²) in [5, 5.41) is 9.05. The van der Waals surface area contributed by atoms with Crippen molar-refractivity contribution in [2.24, 2.45) is 0 Å². The highest BCUT2D eigenvalue weighted by atomic mass is 19.1. The molecule has 2 aromatic carbocycles. The lowest BCUT2D eigenvalue weighted by Crippen LogP contribution is -2.46. The first-order chi connectivity index (χ1) is 14.2. The molecule has 0 saturated carbocycles. The van der Waals surface area contributed by atoms with Crippen LogP contribution in [0.1, 0.15) is 30.4 Å². The second kappa shape index (κ2) is 7.78. The Balaban J connectivity index is 1.43. The molecule has 4 nitrogen and oxygen atoms in total. The second-order valence-corrected chi connectivity index (χ2v) is 8.45. The number of benzene rings is 2. The molecule has 3 aliphatic heterocycles. The minimum atomic E-state index is -0.458. The number of rotatable bonds is 4. The molecule has 3 fully saturated rings. The van der Waals surface area contributed by atoms with Crippen LogP contribution in [0.2, 0.25) is 0 Å². The maximum Gasteiger partial charge on any atom is 0.141 e. The van der Waals surface area contributed by atoms with Crippen LogP contribution in [-0.2, 0) is 11.2 Å². The van der Waals surface area contributed by atoms with Crippen LogP contribution in [0.5, 0.6) is 0 Å². The highest BCUT2D eigenvalue weighted by Crippen LogP contribution is 2.35. The molecule has 29 heavy (non-hydrogen) atoms. The number of morpholine rings is 1. The van der Waals surface area contributed by atoms with Gasteiger partial charge in [0.05, 0.1) is 18.3 Å². The number of nitriles is 1. The Kier molecular flexibility index (Phi) is 4.99. The Morgan fingerprint density at radius 3 is 2.76 bits per heavy atom. The van der Waals surface area contributed by atoms with Gasteiger partial charge in [-0.2, -0.15) is 5.26 Å². The lowest BCUT2D eigenvalue weighted by Gasteiger charge is -2.36. The third-order valence-electron chi connectivity index (χ3n) is 6.58. The van der Waals surface area contributed by atoms with Crippen LogP contribution in [0.4, 0.5) is 10.1 Å². The van der Waals surface area contributed by atoms with Crippen LogP contribution >= 0.6 is 0 Å². The van der Waals surface area contributed by atoms with Gasteiger partial charge in [0.2, 0.25) is 0 Å². The molecule has 3 heterocycles. The van der Waals surface area contributed by atoms with Gasteiger partial charge in [0, 0.05) is 36.9 Å². The first-order valence-corrected chi connectivity index (χ1v) is 10.6. The van der Waals surface area contributed by atoms with Gasteiger partial charge in [-0.3, -0.25) is 4.90 Å². The Bertz CT molecular complexity index is 950. The Morgan fingerprint density at radius 2 is 2.00 bits per heavy atom. The molecular formula is C24H26FN3O. The summed E-state index contributed by atoms with van der Waals surface area (Å²) in [7, 11) is 0. The topological polar surface area (TPSA) is 39.5 Å². The minimum absolute atomic E-state index is 0.0891. The molecule has 0 N–H and O–H groups in total. The first-order valence-electron chi connectivity index (χ1n) is 10.6. The third kappa shape index (κ3) is 3.63. The van der Waals surface area contributed by atoms with Gasteiger partial charge in [0.15, 0.2) is 0 Å². The average Bonchev–Trinajstić information content (AvgIpc) is 3.15. The lowest BCUT2D eigenvalue weighted by atomic mass is 9.95. The van der Waals surface area contributed by atoms with Crippen LogP contribution in [0.3, 0.4) is 0 Å². The predicted molar refractivity (Wildman–Crippen MR) is 111 cm³/mol. The summed E-state index contributed by atoms with van der Waals surface area (Å²) in [4.78, 5) is 4.90. The first kappa shape index (κ1) is 18.6. The van der Waals surface area contributed by atoms with Gasteiger partial charge < -0.3 is 9.64 Å². The van der Waals surface area contributed by atoms with Gasteiger partial charge in [-0.25, -0.2) is 4.39 Å². The third-order valence-corrected chi connectivity index (χ3v) is 6.58. The van der Waals surface area contributed by atoms with E-state index < -0.39 is 5.82 Å². The summed E-state index contributed by atoms with van der Waals surface area (Å²) in [6.45, 7) is 5.10. The van der Waals surface area contributed by atoms with Crippen molar-refractivity contribution in [3.63, 3.8) is 0 Å². The largest absolute Gasteiger partial charge is 0.375 e. The molecule has 0 bridgehead atoms. The molecule has 5 heteroatoms. The van der Waals surface area contributed by atoms with Crippen molar-refractivity contribution in [2.75, 3.05) is 37.7 Å². The zero-order chi connectivity index (χ0) is 19.8. The van der Waals surface area contributed by atoms with Gasteiger partial charge in [0.25, 0.3) is 0 Å². The molecule has 150 valence electrons. The number of anilines is 1. The highest BCUT2D eigenvalue weighted by molar-refractivity contribution is 5.80. The van der Waals surface area contributed by atoms with Crippen LogP contribution in [0.25, 0.3) is 11.1 Å². The maximum atomic E-state index is 14.3. The average molecular weight is 391 g/mol. The number of hydrogen-bond donors (Lipinski definition) is 0. The van der Waals surface area contributed by atoms with E-state index in [1.807, 2.05) is 12.1 Å². The van der Waals surface area contributed by atoms with Crippen molar-refractivity contribution < 1.29 is 9.13 Å². The Labute approximate surface area is 171 Å². The number of fused-ring (bicyclic) bond motifs is 1. The summed E-state index contributed by atoms with van der Waals surface area (Å²) in [6, 6.07) is 14.0. The van der Waals surface area contributed by atoms with Crippen LogP contribution in [0.15, 0.2) is 36.4 Å². The molecular weight excluding hydrogens is 365 g/mol. The van der Waals surface area contributed by atoms with E-state index in [1.54, 1.807) is 6.07 Å². The Morgan fingerprint density at radius 1 is 1.10 bits per heavy atom. The summed E-state index contributed by atoms with van der Waals surface area (Å²) < 4.78 is 20.5.